The van der Waals surface area contributed by atoms with Gasteiger partial charge in [0.15, 0.2) is 5.11 Å². The zero-order valence-corrected chi connectivity index (χ0v) is 16.2. The highest BCUT2D eigenvalue weighted by Gasteiger charge is 2.26. The topological polar surface area (TPSA) is 60.3 Å². The van der Waals surface area contributed by atoms with Crippen LogP contribution in [0.1, 0.15) is 20.8 Å². The first kappa shape index (κ1) is 19.1. The molecule has 2 aromatic rings. The lowest BCUT2D eigenvalue weighted by Crippen LogP contribution is -2.48. The molecule has 136 valence electrons. The van der Waals surface area contributed by atoms with E-state index in [0.717, 1.165) is 11.4 Å². The molecule has 0 bridgehead atoms. The van der Waals surface area contributed by atoms with E-state index in [2.05, 4.69) is 36.5 Å². The smallest absolute Gasteiger partial charge is 0.171 e. The summed E-state index contributed by atoms with van der Waals surface area (Å²) in [5, 5.41) is 11.4. The molecule has 1 heterocycles. The van der Waals surface area contributed by atoms with Gasteiger partial charge < -0.3 is 20.1 Å². The fourth-order valence-corrected chi connectivity index (χ4v) is 2.61. The van der Waals surface area contributed by atoms with Crippen LogP contribution in [0.5, 0.6) is 11.5 Å². The van der Waals surface area contributed by atoms with Crippen LogP contribution in [0.3, 0.4) is 0 Å². The monoisotopic (exact) mass is 362 g/mol. The van der Waals surface area contributed by atoms with Gasteiger partial charge in [-0.25, -0.2) is 0 Å². The van der Waals surface area contributed by atoms with Crippen LogP contribution in [0.25, 0.3) is 0 Å². The molecule has 0 fully saturated rings. The first-order valence-corrected chi connectivity index (χ1v) is 8.51. The normalized spacial score (nSPS) is 12.4. The predicted molar refractivity (Wildman–Crippen MR) is 104 cm³/mol. The van der Waals surface area contributed by atoms with E-state index >= 15 is 0 Å². The van der Waals surface area contributed by atoms with Crippen molar-refractivity contribution >= 4 is 23.0 Å². The molecule has 0 aliphatic heterocycles. The summed E-state index contributed by atoms with van der Waals surface area (Å²) in [4.78, 5) is 0. The number of nitrogens with one attached hydrogen (secondary N) is 2. The number of aromatic nitrogens is 2. The van der Waals surface area contributed by atoms with Gasteiger partial charge in [-0.15, -0.1) is 0 Å². The van der Waals surface area contributed by atoms with E-state index < -0.39 is 0 Å². The van der Waals surface area contributed by atoms with Crippen LogP contribution in [0.4, 0.5) is 5.69 Å². The molecule has 25 heavy (non-hydrogen) atoms. The SMILES string of the molecule is COc1ccc(OC)c(NC(=S)NC(Cn2cccn2)C(C)(C)C)c1. The van der Waals surface area contributed by atoms with Crippen molar-refractivity contribution in [2.75, 3.05) is 19.5 Å². The number of nitrogens with zero attached hydrogens (tertiary/aromatic N) is 2. The summed E-state index contributed by atoms with van der Waals surface area (Å²) in [6, 6.07) is 7.55. The van der Waals surface area contributed by atoms with Crippen LogP contribution in [0.2, 0.25) is 0 Å². The Morgan fingerprint density at radius 1 is 1.28 bits per heavy atom. The lowest BCUT2D eigenvalue weighted by Gasteiger charge is -2.32. The Morgan fingerprint density at radius 3 is 2.60 bits per heavy atom. The number of benzene rings is 1. The second-order valence-corrected chi connectivity index (χ2v) is 7.22. The van der Waals surface area contributed by atoms with Gasteiger partial charge in [0.2, 0.25) is 0 Å². The summed E-state index contributed by atoms with van der Waals surface area (Å²) in [6.07, 6.45) is 3.72. The molecule has 0 spiro atoms. The molecule has 0 saturated heterocycles. The van der Waals surface area contributed by atoms with Gasteiger partial charge in [0.1, 0.15) is 11.5 Å². The Labute approximate surface area is 154 Å². The highest BCUT2D eigenvalue weighted by molar-refractivity contribution is 7.80. The van der Waals surface area contributed by atoms with Gasteiger partial charge in [-0.05, 0) is 35.8 Å². The van der Waals surface area contributed by atoms with Gasteiger partial charge in [0, 0.05) is 18.5 Å². The predicted octanol–water partition coefficient (Wildman–Crippen LogP) is 3.30. The van der Waals surface area contributed by atoms with Gasteiger partial charge >= 0.3 is 0 Å². The van der Waals surface area contributed by atoms with Crippen LogP contribution in [0, 0.1) is 5.41 Å². The highest BCUT2D eigenvalue weighted by Crippen LogP contribution is 2.29. The molecule has 0 aliphatic rings. The van der Waals surface area contributed by atoms with Crippen molar-refractivity contribution < 1.29 is 9.47 Å². The van der Waals surface area contributed by atoms with E-state index in [1.807, 2.05) is 35.1 Å². The largest absolute Gasteiger partial charge is 0.497 e. The molecule has 0 aliphatic carbocycles. The van der Waals surface area contributed by atoms with Gasteiger partial charge in [-0.1, -0.05) is 20.8 Å². The number of hydrogen-bond acceptors (Lipinski definition) is 4. The summed E-state index contributed by atoms with van der Waals surface area (Å²) in [7, 11) is 3.25. The third-order valence-electron chi connectivity index (χ3n) is 3.93. The van der Waals surface area contributed by atoms with Crippen molar-refractivity contribution in [2.45, 2.75) is 33.4 Å². The lowest BCUT2D eigenvalue weighted by atomic mass is 9.87. The fourth-order valence-electron chi connectivity index (χ4n) is 2.36. The molecule has 2 N–H and O–H groups in total. The Morgan fingerprint density at radius 2 is 2.04 bits per heavy atom. The Bertz CT molecular complexity index is 696. The first-order valence-electron chi connectivity index (χ1n) is 8.10. The Kier molecular flexibility index (Phi) is 6.25. The average Bonchev–Trinajstić information content (AvgIpc) is 3.06. The van der Waals surface area contributed by atoms with Crippen LogP contribution in [0.15, 0.2) is 36.7 Å². The molecule has 0 radical (unpaired) electrons. The van der Waals surface area contributed by atoms with Crippen LogP contribution < -0.4 is 20.1 Å². The van der Waals surface area contributed by atoms with Crippen LogP contribution in [-0.2, 0) is 6.54 Å². The van der Waals surface area contributed by atoms with Crippen LogP contribution in [-0.4, -0.2) is 35.2 Å². The van der Waals surface area contributed by atoms with E-state index in [1.54, 1.807) is 20.4 Å². The van der Waals surface area contributed by atoms with Crippen molar-refractivity contribution in [3.05, 3.63) is 36.7 Å². The fraction of sp³-hybridized carbons (Fsp3) is 0.444. The summed E-state index contributed by atoms with van der Waals surface area (Å²) in [6.45, 7) is 7.22. The minimum atomic E-state index is -0.00382. The van der Waals surface area contributed by atoms with E-state index in [-0.39, 0.29) is 11.5 Å². The molecule has 1 atom stereocenters. The van der Waals surface area contributed by atoms with Gasteiger partial charge in [-0.2, -0.15) is 5.10 Å². The van der Waals surface area contributed by atoms with E-state index in [0.29, 0.717) is 17.4 Å². The van der Waals surface area contributed by atoms with E-state index in [9.17, 15) is 0 Å². The van der Waals surface area contributed by atoms with Crippen LogP contribution >= 0.6 is 12.2 Å². The molecule has 1 aromatic heterocycles. The van der Waals surface area contributed by atoms with Crippen molar-refractivity contribution in [2.24, 2.45) is 5.41 Å². The Balaban J connectivity index is 2.11. The standard InChI is InChI=1S/C18H26N4O2S/c1-18(2,3)16(12-22-10-6-9-19-22)21-17(25)20-14-11-13(23-4)7-8-15(14)24-5/h6-11,16H,12H2,1-5H3,(H2,20,21,25). The number of thiocarbonyl (C=S) groups is 1. The molecule has 2 rings (SSSR count). The van der Waals surface area contributed by atoms with E-state index in [1.165, 1.54) is 0 Å². The molecule has 1 unspecified atom stereocenters. The highest BCUT2D eigenvalue weighted by atomic mass is 32.1. The lowest BCUT2D eigenvalue weighted by molar-refractivity contribution is 0.262. The maximum Gasteiger partial charge on any atom is 0.171 e. The molecule has 1 aromatic carbocycles. The third kappa shape index (κ3) is 5.35. The van der Waals surface area contributed by atoms with Gasteiger partial charge in [0.25, 0.3) is 0 Å². The third-order valence-corrected chi connectivity index (χ3v) is 4.15. The number of methoxy groups -OCH3 is 2. The first-order chi connectivity index (χ1) is 11.8. The second-order valence-electron chi connectivity index (χ2n) is 6.81. The molecule has 6 nitrogen and oxygen atoms in total. The van der Waals surface area contributed by atoms with Crippen molar-refractivity contribution in [1.29, 1.82) is 0 Å². The summed E-state index contributed by atoms with van der Waals surface area (Å²) >= 11 is 5.52. The average molecular weight is 362 g/mol. The molecular weight excluding hydrogens is 336 g/mol. The zero-order valence-electron chi connectivity index (χ0n) is 15.4. The molecule has 0 saturated carbocycles. The molecule has 7 heteroatoms. The summed E-state index contributed by atoms with van der Waals surface area (Å²) in [5.41, 5.74) is 0.752. The number of hydrogen-bond donors (Lipinski definition) is 2. The number of ether oxygens (including phenoxy) is 2. The van der Waals surface area contributed by atoms with Gasteiger partial charge in [0.05, 0.1) is 32.5 Å². The maximum atomic E-state index is 5.52. The molecular formula is C18H26N4O2S. The van der Waals surface area contributed by atoms with Crippen molar-refractivity contribution in [3.63, 3.8) is 0 Å². The minimum Gasteiger partial charge on any atom is -0.497 e. The van der Waals surface area contributed by atoms with Crippen molar-refractivity contribution in [3.8, 4) is 11.5 Å². The minimum absolute atomic E-state index is 0.00382. The molecule has 0 amide bonds. The second kappa shape index (κ2) is 8.20. The maximum absolute atomic E-state index is 5.52. The summed E-state index contributed by atoms with van der Waals surface area (Å²) in [5.74, 6) is 1.43. The quantitative estimate of drug-likeness (QED) is 0.769. The summed E-state index contributed by atoms with van der Waals surface area (Å²) < 4.78 is 12.6. The number of anilines is 1. The zero-order chi connectivity index (χ0) is 18.4. The number of rotatable bonds is 6. The van der Waals surface area contributed by atoms with Crippen molar-refractivity contribution in [1.82, 2.24) is 15.1 Å². The van der Waals surface area contributed by atoms with Gasteiger partial charge in [-0.3, -0.25) is 4.68 Å². The Hall–Kier alpha value is -2.28. The van der Waals surface area contributed by atoms with E-state index in [4.69, 9.17) is 21.7 Å².